The van der Waals surface area contributed by atoms with Gasteiger partial charge in [-0.05, 0) is 29.8 Å². The van der Waals surface area contributed by atoms with Gasteiger partial charge in [-0.3, -0.25) is 4.79 Å². The number of carboxylic acids is 1. The molecule has 0 saturated heterocycles. The first-order valence-electron chi connectivity index (χ1n) is 10.9. The Labute approximate surface area is 207 Å². The van der Waals surface area contributed by atoms with Crippen LogP contribution >= 0.6 is 11.8 Å². The number of carbonyl (C=O) groups excluding carboxylic acids is 1. The molecule has 0 saturated carbocycles. The Hall–Kier alpha value is -4.41. The van der Waals surface area contributed by atoms with Gasteiger partial charge in [-0.25, -0.2) is 9.78 Å². The predicted octanol–water partition coefficient (Wildman–Crippen LogP) is 6.11. The molecule has 0 spiro atoms. The zero-order valence-electron chi connectivity index (χ0n) is 18.6. The van der Waals surface area contributed by atoms with E-state index in [0.29, 0.717) is 22.0 Å². The molecule has 1 heterocycles. The second kappa shape index (κ2) is 11.1. The van der Waals surface area contributed by atoms with Crippen molar-refractivity contribution in [3.8, 4) is 28.5 Å². The molecule has 2 N–H and O–H groups in total. The lowest BCUT2D eigenvalue weighted by atomic mass is 9.99. The number of benzene rings is 3. The second-order valence-corrected chi connectivity index (χ2v) is 8.70. The smallest absolute Gasteiger partial charge is 0.335 e. The van der Waals surface area contributed by atoms with E-state index in [9.17, 15) is 14.9 Å². The van der Waals surface area contributed by atoms with Gasteiger partial charge in [0.2, 0.25) is 5.91 Å². The Morgan fingerprint density at radius 2 is 1.60 bits per heavy atom. The highest BCUT2D eigenvalue weighted by molar-refractivity contribution is 7.99. The van der Waals surface area contributed by atoms with Crippen molar-refractivity contribution in [1.29, 1.82) is 5.26 Å². The second-order valence-electron chi connectivity index (χ2n) is 7.61. The van der Waals surface area contributed by atoms with Gasteiger partial charge in [0, 0.05) is 29.0 Å². The third-order valence-corrected chi connectivity index (χ3v) is 6.19. The zero-order chi connectivity index (χ0) is 24.6. The molecule has 0 aliphatic carbocycles. The number of anilines is 1. The number of thioether (sulfide) groups is 1. The molecule has 0 fully saturated rings. The van der Waals surface area contributed by atoms with Crippen molar-refractivity contribution in [3.05, 3.63) is 102 Å². The quantitative estimate of drug-likeness (QED) is 0.296. The third-order valence-electron chi connectivity index (χ3n) is 5.21. The van der Waals surface area contributed by atoms with E-state index in [4.69, 9.17) is 10.1 Å². The van der Waals surface area contributed by atoms with Crippen LogP contribution in [0.15, 0.2) is 96.0 Å². The molecule has 35 heavy (non-hydrogen) atoms. The van der Waals surface area contributed by atoms with Gasteiger partial charge < -0.3 is 10.4 Å². The number of aromatic nitrogens is 1. The predicted molar refractivity (Wildman–Crippen MR) is 137 cm³/mol. The van der Waals surface area contributed by atoms with Crippen LogP contribution in [-0.4, -0.2) is 27.7 Å². The summed E-state index contributed by atoms with van der Waals surface area (Å²) in [7, 11) is 0. The summed E-state index contributed by atoms with van der Waals surface area (Å²) in [5.74, 6) is -0.904. The van der Waals surface area contributed by atoms with Crippen LogP contribution in [0, 0.1) is 11.3 Å². The van der Waals surface area contributed by atoms with Crippen LogP contribution in [-0.2, 0) is 4.79 Å². The highest BCUT2D eigenvalue weighted by Gasteiger charge is 2.16. The Morgan fingerprint density at radius 3 is 2.26 bits per heavy atom. The molecule has 0 radical (unpaired) electrons. The van der Waals surface area contributed by atoms with Gasteiger partial charge in [0.1, 0.15) is 11.1 Å². The Kier molecular flexibility index (Phi) is 7.56. The summed E-state index contributed by atoms with van der Waals surface area (Å²) >= 11 is 1.35. The minimum Gasteiger partial charge on any atom is -0.478 e. The first-order valence-corrected chi connectivity index (χ1v) is 11.9. The van der Waals surface area contributed by atoms with Crippen LogP contribution in [0.25, 0.3) is 22.4 Å². The van der Waals surface area contributed by atoms with E-state index < -0.39 is 5.97 Å². The van der Waals surface area contributed by atoms with Gasteiger partial charge in [0.15, 0.2) is 0 Å². The number of hydrogen-bond acceptors (Lipinski definition) is 5. The summed E-state index contributed by atoms with van der Waals surface area (Å²) in [6.07, 6.45) is 0.171. The van der Waals surface area contributed by atoms with Crippen LogP contribution in [0.1, 0.15) is 22.3 Å². The zero-order valence-corrected chi connectivity index (χ0v) is 19.5. The molecule has 4 rings (SSSR count). The first-order chi connectivity index (χ1) is 17.0. The maximum absolute atomic E-state index is 12.5. The molecule has 0 atom stereocenters. The van der Waals surface area contributed by atoms with Gasteiger partial charge in [0.05, 0.1) is 16.8 Å². The number of carbonyl (C=O) groups is 2. The lowest BCUT2D eigenvalue weighted by Crippen LogP contribution is -2.12. The van der Waals surface area contributed by atoms with E-state index >= 15 is 0 Å². The van der Waals surface area contributed by atoms with Crippen LogP contribution in [0.2, 0.25) is 0 Å². The van der Waals surface area contributed by atoms with Crippen molar-refractivity contribution < 1.29 is 14.7 Å². The molecule has 0 aliphatic rings. The average Bonchev–Trinajstić information content (AvgIpc) is 2.89. The fourth-order valence-electron chi connectivity index (χ4n) is 3.53. The molecule has 4 aromatic rings. The number of nitrogens with zero attached hydrogens (tertiary/aromatic N) is 2. The van der Waals surface area contributed by atoms with Crippen molar-refractivity contribution in [2.24, 2.45) is 0 Å². The summed E-state index contributed by atoms with van der Waals surface area (Å²) in [5.41, 5.74) is 4.39. The number of nitriles is 1. The first kappa shape index (κ1) is 23.7. The van der Waals surface area contributed by atoms with Crippen molar-refractivity contribution in [3.63, 3.8) is 0 Å². The van der Waals surface area contributed by atoms with Crippen LogP contribution < -0.4 is 5.32 Å². The maximum atomic E-state index is 12.5. The van der Waals surface area contributed by atoms with Crippen LogP contribution in [0.5, 0.6) is 0 Å². The molecular weight excluding hydrogens is 458 g/mol. The summed E-state index contributed by atoms with van der Waals surface area (Å²) in [4.78, 5) is 28.4. The Morgan fingerprint density at radius 1 is 0.914 bits per heavy atom. The van der Waals surface area contributed by atoms with Crippen molar-refractivity contribution in [2.45, 2.75) is 11.4 Å². The van der Waals surface area contributed by atoms with E-state index in [2.05, 4.69) is 11.4 Å². The van der Waals surface area contributed by atoms with E-state index in [1.807, 2.05) is 66.7 Å². The SMILES string of the molecule is N#Cc1c(-c2ccccc2)cc(-c2ccccc2)nc1SCCC(=O)Nc1cccc(C(=O)O)c1. The number of hydrogen-bond donors (Lipinski definition) is 2. The molecule has 0 bridgehead atoms. The van der Waals surface area contributed by atoms with Crippen molar-refractivity contribution >= 4 is 29.3 Å². The molecule has 172 valence electrons. The Balaban J connectivity index is 1.56. The van der Waals surface area contributed by atoms with Gasteiger partial charge in [-0.1, -0.05) is 66.7 Å². The Bertz CT molecular complexity index is 1400. The van der Waals surface area contributed by atoms with E-state index in [-0.39, 0.29) is 17.9 Å². The number of carboxylic acid groups (broad SMARTS) is 1. The fourth-order valence-corrected chi connectivity index (χ4v) is 4.47. The van der Waals surface area contributed by atoms with Gasteiger partial charge in [0.25, 0.3) is 0 Å². The monoisotopic (exact) mass is 479 g/mol. The highest BCUT2D eigenvalue weighted by atomic mass is 32.2. The molecule has 1 aromatic heterocycles. The number of nitrogens with one attached hydrogen (secondary N) is 1. The van der Waals surface area contributed by atoms with E-state index in [1.165, 1.54) is 23.9 Å². The molecule has 0 unspecified atom stereocenters. The topological polar surface area (TPSA) is 103 Å². The summed E-state index contributed by atoms with van der Waals surface area (Å²) in [6, 6.07) is 29.8. The van der Waals surface area contributed by atoms with Gasteiger partial charge in [-0.15, -0.1) is 11.8 Å². The minimum atomic E-state index is -1.06. The molecule has 1 amide bonds. The summed E-state index contributed by atoms with van der Waals surface area (Å²) in [6.45, 7) is 0. The number of pyridine rings is 1. The standard InChI is InChI=1S/C28H21N3O3S/c29-18-24-23(19-8-3-1-4-9-19)17-25(20-10-5-2-6-11-20)31-27(24)35-15-14-26(32)30-22-13-7-12-21(16-22)28(33)34/h1-13,16-17H,14-15H2,(H,30,32)(H,33,34). The molecule has 3 aromatic carbocycles. The third kappa shape index (κ3) is 5.94. The maximum Gasteiger partial charge on any atom is 0.335 e. The lowest BCUT2D eigenvalue weighted by Gasteiger charge is -2.13. The molecular formula is C28H21N3O3S. The normalized spacial score (nSPS) is 10.4. The molecule has 6 nitrogen and oxygen atoms in total. The van der Waals surface area contributed by atoms with Crippen LogP contribution in [0.3, 0.4) is 0 Å². The summed E-state index contributed by atoms with van der Waals surface area (Å²) < 4.78 is 0. The van der Waals surface area contributed by atoms with E-state index in [1.54, 1.807) is 12.1 Å². The van der Waals surface area contributed by atoms with Gasteiger partial charge in [-0.2, -0.15) is 5.26 Å². The van der Waals surface area contributed by atoms with Gasteiger partial charge >= 0.3 is 5.97 Å². The van der Waals surface area contributed by atoms with Crippen molar-refractivity contribution in [1.82, 2.24) is 4.98 Å². The fraction of sp³-hybridized carbons (Fsp3) is 0.0714. The highest BCUT2D eigenvalue weighted by Crippen LogP contribution is 2.34. The number of rotatable bonds is 8. The molecule has 0 aliphatic heterocycles. The molecule has 7 heteroatoms. The van der Waals surface area contributed by atoms with Crippen LogP contribution in [0.4, 0.5) is 5.69 Å². The number of amides is 1. The lowest BCUT2D eigenvalue weighted by molar-refractivity contribution is -0.115. The number of aromatic carboxylic acids is 1. The van der Waals surface area contributed by atoms with Crippen molar-refractivity contribution in [2.75, 3.05) is 11.1 Å². The largest absolute Gasteiger partial charge is 0.478 e. The summed E-state index contributed by atoms with van der Waals surface area (Å²) in [5, 5.41) is 22.4. The average molecular weight is 480 g/mol. The minimum absolute atomic E-state index is 0.103. The van der Waals surface area contributed by atoms with E-state index in [0.717, 1.165) is 22.4 Å².